The Labute approximate surface area is 126 Å². The summed E-state index contributed by atoms with van der Waals surface area (Å²) in [5.41, 5.74) is 8.37. The average Bonchev–Trinajstić information content (AvgIpc) is 2.65. The average molecular weight is 288 g/mol. The Morgan fingerprint density at radius 1 is 1.00 bits per heavy atom. The smallest absolute Gasteiger partial charge is 0.232 e. The summed E-state index contributed by atoms with van der Waals surface area (Å²) in [5, 5.41) is 0. The number of hydrogen-bond acceptors (Lipinski definition) is 3. The summed E-state index contributed by atoms with van der Waals surface area (Å²) in [6.45, 7) is 8.13. The van der Waals surface area contributed by atoms with Crippen molar-refractivity contribution in [2.45, 2.75) is 39.7 Å². The molecule has 2 rings (SSSR count). The van der Waals surface area contributed by atoms with Crippen LogP contribution in [0.1, 0.15) is 50.8 Å². The third-order valence-corrected chi connectivity index (χ3v) is 4.47. The van der Waals surface area contributed by atoms with Crippen LogP contribution in [-0.4, -0.2) is 23.3 Å². The molecule has 0 radical (unpaired) electrons. The summed E-state index contributed by atoms with van der Waals surface area (Å²) in [6.07, 6.45) is 0. The van der Waals surface area contributed by atoms with Crippen LogP contribution in [0.15, 0.2) is 24.3 Å². The van der Waals surface area contributed by atoms with E-state index in [0.29, 0.717) is 5.92 Å². The SMILES string of the molecule is CC(C)c1ccc(C(N)CN2C(=O)C(C)C(C)C2=O)cc1. The summed E-state index contributed by atoms with van der Waals surface area (Å²) in [4.78, 5) is 25.5. The monoisotopic (exact) mass is 288 g/mol. The van der Waals surface area contributed by atoms with Gasteiger partial charge in [-0.15, -0.1) is 0 Å². The highest BCUT2D eigenvalue weighted by Gasteiger charge is 2.42. The standard InChI is InChI=1S/C17H24N2O2/c1-10(2)13-5-7-14(8-6-13)15(18)9-19-16(20)11(3)12(4)17(19)21/h5-8,10-12,15H,9,18H2,1-4H3. The number of carbonyl (C=O) groups excluding carboxylic acids is 2. The number of imide groups is 1. The number of hydrogen-bond donors (Lipinski definition) is 1. The van der Waals surface area contributed by atoms with Crippen LogP contribution < -0.4 is 5.73 Å². The minimum absolute atomic E-state index is 0.109. The number of likely N-dealkylation sites (tertiary alicyclic amines) is 1. The zero-order valence-corrected chi connectivity index (χ0v) is 13.2. The van der Waals surface area contributed by atoms with Crippen molar-refractivity contribution >= 4 is 11.8 Å². The van der Waals surface area contributed by atoms with Crippen molar-refractivity contribution in [3.8, 4) is 0 Å². The quantitative estimate of drug-likeness (QED) is 0.866. The Balaban J connectivity index is 2.09. The van der Waals surface area contributed by atoms with E-state index < -0.39 is 0 Å². The molecule has 3 atom stereocenters. The van der Waals surface area contributed by atoms with Gasteiger partial charge in [0.2, 0.25) is 11.8 Å². The lowest BCUT2D eigenvalue weighted by Crippen LogP contribution is -2.37. The van der Waals surface area contributed by atoms with Gasteiger partial charge in [-0.1, -0.05) is 52.0 Å². The van der Waals surface area contributed by atoms with Gasteiger partial charge < -0.3 is 5.73 Å². The number of benzene rings is 1. The summed E-state index contributed by atoms with van der Waals surface area (Å²) in [6, 6.07) is 7.74. The van der Waals surface area contributed by atoms with Gasteiger partial charge in [0, 0.05) is 24.4 Å². The van der Waals surface area contributed by atoms with Crippen LogP contribution >= 0.6 is 0 Å². The molecule has 1 fully saturated rings. The highest BCUT2D eigenvalue weighted by molar-refractivity contribution is 6.04. The topological polar surface area (TPSA) is 63.4 Å². The van der Waals surface area contributed by atoms with Gasteiger partial charge in [-0.05, 0) is 17.0 Å². The summed E-state index contributed by atoms with van der Waals surface area (Å²) in [7, 11) is 0. The molecule has 0 aliphatic carbocycles. The maximum atomic E-state index is 12.1. The van der Waals surface area contributed by atoms with Gasteiger partial charge in [0.15, 0.2) is 0 Å². The fourth-order valence-corrected chi connectivity index (χ4v) is 2.64. The first kappa shape index (κ1) is 15.7. The molecule has 4 nitrogen and oxygen atoms in total. The van der Waals surface area contributed by atoms with Gasteiger partial charge in [-0.3, -0.25) is 14.5 Å². The summed E-state index contributed by atoms with van der Waals surface area (Å²) >= 11 is 0. The molecule has 4 heteroatoms. The molecule has 1 aromatic rings. The van der Waals surface area contributed by atoms with Gasteiger partial charge in [0.25, 0.3) is 0 Å². The second-order valence-corrected chi connectivity index (χ2v) is 6.29. The third-order valence-electron chi connectivity index (χ3n) is 4.47. The highest BCUT2D eigenvalue weighted by atomic mass is 16.2. The molecular weight excluding hydrogens is 264 g/mol. The number of nitrogens with two attached hydrogens (primary N) is 1. The van der Waals surface area contributed by atoms with E-state index in [1.165, 1.54) is 10.5 Å². The maximum absolute atomic E-state index is 12.1. The molecule has 0 aromatic heterocycles. The largest absolute Gasteiger partial charge is 0.322 e. The van der Waals surface area contributed by atoms with Crippen LogP contribution in [0.25, 0.3) is 0 Å². The maximum Gasteiger partial charge on any atom is 0.232 e. The lowest BCUT2D eigenvalue weighted by atomic mass is 9.99. The molecule has 114 valence electrons. The second-order valence-electron chi connectivity index (χ2n) is 6.29. The second kappa shape index (κ2) is 5.98. The van der Waals surface area contributed by atoms with Crippen LogP contribution in [0.3, 0.4) is 0 Å². The molecule has 2 amide bonds. The van der Waals surface area contributed by atoms with Gasteiger partial charge in [0.1, 0.15) is 0 Å². The van der Waals surface area contributed by atoms with Crippen molar-refractivity contribution in [1.82, 2.24) is 4.90 Å². The van der Waals surface area contributed by atoms with Gasteiger partial charge in [0.05, 0.1) is 0 Å². The molecule has 21 heavy (non-hydrogen) atoms. The van der Waals surface area contributed by atoms with E-state index >= 15 is 0 Å². The minimum Gasteiger partial charge on any atom is -0.322 e. The molecule has 1 aliphatic heterocycles. The molecule has 1 saturated heterocycles. The van der Waals surface area contributed by atoms with Crippen LogP contribution in [-0.2, 0) is 9.59 Å². The van der Waals surface area contributed by atoms with E-state index in [4.69, 9.17) is 5.73 Å². The normalized spacial score (nSPS) is 24.0. The molecule has 1 aliphatic rings. The number of rotatable bonds is 4. The van der Waals surface area contributed by atoms with Gasteiger partial charge in [-0.25, -0.2) is 0 Å². The van der Waals surface area contributed by atoms with Crippen molar-refractivity contribution < 1.29 is 9.59 Å². The third kappa shape index (κ3) is 3.00. The van der Waals surface area contributed by atoms with Crippen molar-refractivity contribution in [2.24, 2.45) is 17.6 Å². The van der Waals surface area contributed by atoms with Gasteiger partial charge in [-0.2, -0.15) is 0 Å². The van der Waals surface area contributed by atoms with Crippen molar-refractivity contribution in [3.63, 3.8) is 0 Å². The molecule has 0 bridgehead atoms. The predicted octanol–water partition coefficient (Wildman–Crippen LogP) is 2.45. The van der Waals surface area contributed by atoms with E-state index in [-0.39, 0.29) is 36.2 Å². The zero-order valence-electron chi connectivity index (χ0n) is 13.2. The first-order chi connectivity index (χ1) is 9.82. The van der Waals surface area contributed by atoms with Crippen molar-refractivity contribution in [3.05, 3.63) is 35.4 Å². The molecule has 0 saturated carbocycles. The Kier molecular flexibility index (Phi) is 4.47. The van der Waals surface area contributed by atoms with Crippen molar-refractivity contribution in [2.75, 3.05) is 6.54 Å². The highest BCUT2D eigenvalue weighted by Crippen LogP contribution is 2.27. The number of nitrogens with zero attached hydrogens (tertiary/aromatic N) is 1. The molecule has 1 heterocycles. The molecule has 2 N–H and O–H groups in total. The van der Waals surface area contributed by atoms with E-state index in [9.17, 15) is 9.59 Å². The van der Waals surface area contributed by atoms with Crippen LogP contribution in [0.2, 0.25) is 0 Å². The summed E-state index contributed by atoms with van der Waals surface area (Å²) in [5.74, 6) is -0.233. The lowest BCUT2D eigenvalue weighted by Gasteiger charge is -2.20. The van der Waals surface area contributed by atoms with Crippen LogP contribution in [0.5, 0.6) is 0 Å². The van der Waals surface area contributed by atoms with E-state index in [1.807, 2.05) is 12.1 Å². The lowest BCUT2D eigenvalue weighted by molar-refractivity contribution is -0.140. The Morgan fingerprint density at radius 3 is 1.86 bits per heavy atom. The summed E-state index contributed by atoms with van der Waals surface area (Å²) < 4.78 is 0. The minimum atomic E-state index is -0.336. The first-order valence-corrected chi connectivity index (χ1v) is 7.53. The fourth-order valence-electron chi connectivity index (χ4n) is 2.64. The number of carbonyl (C=O) groups is 2. The first-order valence-electron chi connectivity index (χ1n) is 7.53. The van der Waals surface area contributed by atoms with Crippen LogP contribution in [0, 0.1) is 11.8 Å². The van der Waals surface area contributed by atoms with E-state index in [0.717, 1.165) is 5.56 Å². The Morgan fingerprint density at radius 2 is 1.43 bits per heavy atom. The Bertz CT molecular complexity index is 516. The molecule has 0 spiro atoms. The van der Waals surface area contributed by atoms with Crippen LogP contribution in [0.4, 0.5) is 0 Å². The predicted molar refractivity (Wildman–Crippen MR) is 82.5 cm³/mol. The number of amides is 2. The van der Waals surface area contributed by atoms with Gasteiger partial charge >= 0.3 is 0 Å². The van der Waals surface area contributed by atoms with E-state index in [2.05, 4.69) is 26.0 Å². The Hall–Kier alpha value is -1.68. The molecule has 1 aromatic carbocycles. The van der Waals surface area contributed by atoms with E-state index in [1.54, 1.807) is 13.8 Å². The molecule has 3 unspecified atom stereocenters. The zero-order chi connectivity index (χ0) is 15.7. The van der Waals surface area contributed by atoms with Crippen molar-refractivity contribution in [1.29, 1.82) is 0 Å². The fraction of sp³-hybridized carbons (Fsp3) is 0.529. The molecular formula is C17H24N2O2.